The monoisotopic (exact) mass is 627 g/mol. The Morgan fingerprint density at radius 2 is 1.73 bits per heavy atom. The highest BCUT2D eigenvalue weighted by Gasteiger charge is 2.35. The first-order valence-electron chi connectivity index (χ1n) is 15.8. The van der Waals surface area contributed by atoms with E-state index in [1.165, 1.54) is 25.4 Å². The molecule has 1 saturated carbocycles. The molecule has 2 heterocycles. The zero-order valence-electron chi connectivity index (χ0n) is 26.8. The summed E-state index contributed by atoms with van der Waals surface area (Å²) in [5, 5.41) is 12.4. The predicted octanol–water partition coefficient (Wildman–Crippen LogP) is 3.21. The molecule has 0 radical (unpaired) electrons. The fraction of sp³-hybridized carbons (Fsp3) is 0.594. The molecule has 1 aromatic carbocycles. The molecule has 0 unspecified atom stereocenters. The van der Waals surface area contributed by atoms with Crippen molar-refractivity contribution in [3.63, 3.8) is 0 Å². The number of likely N-dealkylation sites (N-methyl/N-ethyl adjacent to an activating group) is 1. The van der Waals surface area contributed by atoms with Crippen LogP contribution < -0.4 is 16.0 Å². The Bertz CT molecular complexity index is 1350. The van der Waals surface area contributed by atoms with Gasteiger partial charge in [0.1, 0.15) is 23.6 Å². The van der Waals surface area contributed by atoms with Crippen molar-refractivity contribution in [3.8, 4) is 0 Å². The number of aryl methyl sites for hydroxylation is 1. The zero-order valence-corrected chi connectivity index (χ0v) is 26.8. The van der Waals surface area contributed by atoms with Crippen LogP contribution in [0.3, 0.4) is 0 Å². The number of amides is 4. The summed E-state index contributed by atoms with van der Waals surface area (Å²) in [6, 6.07) is 4.10. The van der Waals surface area contributed by atoms with Crippen LogP contribution in [0.25, 0.3) is 0 Å². The molecule has 12 nitrogen and oxygen atoms in total. The van der Waals surface area contributed by atoms with Gasteiger partial charge in [0, 0.05) is 44.8 Å². The van der Waals surface area contributed by atoms with Gasteiger partial charge in [-0.1, -0.05) is 32.8 Å². The molecule has 1 aromatic heterocycles. The van der Waals surface area contributed by atoms with Crippen LogP contribution in [0.15, 0.2) is 30.5 Å². The van der Waals surface area contributed by atoms with E-state index in [0.717, 1.165) is 25.7 Å². The van der Waals surface area contributed by atoms with Crippen LogP contribution in [-0.4, -0.2) is 95.8 Å². The standard InChI is InChI=1S/C32H46FN7O5/c1-6-40-26(13-14-34-40)29(41)36-28(22-9-7-20(2)8-10-22)30(42)35-25-12-11-23(19-24(25)33)21(3)27(37-32(44)45-5)31(43)39-17-15-38(4)16-18-39/h11-14,19-22,27-28H,6-10,15-18H2,1-5H3,(H,35,42)(H,36,41)(H,37,44)/t20?,21-,22?,27+,28-/m0/s1. The van der Waals surface area contributed by atoms with Gasteiger partial charge in [-0.15, -0.1) is 0 Å². The number of hydrogen-bond acceptors (Lipinski definition) is 7. The van der Waals surface area contributed by atoms with Crippen molar-refractivity contribution in [1.29, 1.82) is 0 Å². The van der Waals surface area contributed by atoms with Crippen LogP contribution in [0.2, 0.25) is 0 Å². The second-order valence-electron chi connectivity index (χ2n) is 12.3. The van der Waals surface area contributed by atoms with Crippen LogP contribution in [0.1, 0.15) is 68.4 Å². The lowest BCUT2D eigenvalue weighted by Crippen LogP contribution is -2.55. The normalized spacial score (nSPS) is 20.9. The third-order valence-electron chi connectivity index (χ3n) is 9.17. The van der Waals surface area contributed by atoms with Gasteiger partial charge in [-0.2, -0.15) is 5.10 Å². The number of carbonyl (C=O) groups is 4. The molecule has 45 heavy (non-hydrogen) atoms. The number of piperazine rings is 1. The second-order valence-corrected chi connectivity index (χ2v) is 12.3. The lowest BCUT2D eigenvalue weighted by atomic mass is 9.79. The van der Waals surface area contributed by atoms with Gasteiger partial charge < -0.3 is 30.5 Å². The molecule has 4 rings (SSSR count). The summed E-state index contributed by atoms with van der Waals surface area (Å²) in [7, 11) is 3.20. The van der Waals surface area contributed by atoms with Gasteiger partial charge in [0.05, 0.1) is 12.8 Å². The molecule has 1 aliphatic carbocycles. The molecule has 0 bridgehead atoms. The van der Waals surface area contributed by atoms with E-state index in [0.29, 0.717) is 49.9 Å². The summed E-state index contributed by atoms with van der Waals surface area (Å²) >= 11 is 0. The number of nitrogens with one attached hydrogen (secondary N) is 3. The maximum absolute atomic E-state index is 15.6. The summed E-state index contributed by atoms with van der Waals surface area (Å²) < 4.78 is 21.9. The largest absolute Gasteiger partial charge is 0.453 e. The maximum Gasteiger partial charge on any atom is 0.407 e. The average Bonchev–Trinajstić information content (AvgIpc) is 3.53. The van der Waals surface area contributed by atoms with E-state index in [-0.39, 0.29) is 17.5 Å². The number of alkyl carbamates (subject to hydrolysis) is 1. The third kappa shape index (κ3) is 8.38. The van der Waals surface area contributed by atoms with Crippen LogP contribution in [0.4, 0.5) is 14.9 Å². The molecule has 1 saturated heterocycles. The third-order valence-corrected chi connectivity index (χ3v) is 9.17. The second kappa shape index (κ2) is 15.3. The molecule has 3 atom stereocenters. The number of hydrogen-bond donors (Lipinski definition) is 3. The molecule has 1 aliphatic heterocycles. The Morgan fingerprint density at radius 1 is 1.04 bits per heavy atom. The lowest BCUT2D eigenvalue weighted by molar-refractivity contribution is -0.135. The van der Waals surface area contributed by atoms with Crippen LogP contribution in [-0.2, 0) is 20.9 Å². The van der Waals surface area contributed by atoms with Gasteiger partial charge in [0.25, 0.3) is 5.91 Å². The minimum absolute atomic E-state index is 0.0409. The van der Waals surface area contributed by atoms with Crippen LogP contribution in [0.5, 0.6) is 0 Å². The molecule has 0 spiro atoms. The van der Waals surface area contributed by atoms with Gasteiger partial charge in [-0.05, 0) is 62.4 Å². The fourth-order valence-electron chi connectivity index (χ4n) is 6.14. The van der Waals surface area contributed by atoms with E-state index in [1.54, 1.807) is 28.6 Å². The number of benzene rings is 1. The van der Waals surface area contributed by atoms with Crippen molar-refractivity contribution in [3.05, 3.63) is 47.5 Å². The molecule has 2 aromatic rings. The Morgan fingerprint density at radius 3 is 2.36 bits per heavy atom. The minimum atomic E-state index is -0.981. The molecular weight excluding hydrogens is 581 g/mol. The molecule has 13 heteroatoms. The SMILES string of the molecule is CCn1nccc1C(=O)N[C@H](C(=O)Nc1ccc([C@H](C)[C@@H](NC(=O)OC)C(=O)N2CCN(C)CC2)cc1F)C1CCC(C)CC1. The first kappa shape index (κ1) is 33.9. The van der Waals surface area contributed by atoms with Gasteiger partial charge in [-0.25, -0.2) is 9.18 Å². The molecule has 246 valence electrons. The Kier molecular flexibility index (Phi) is 11.5. The van der Waals surface area contributed by atoms with Crippen molar-refractivity contribution >= 4 is 29.5 Å². The summed E-state index contributed by atoms with van der Waals surface area (Å²) in [6.45, 7) is 8.72. The van der Waals surface area contributed by atoms with E-state index in [1.807, 2.05) is 14.0 Å². The minimum Gasteiger partial charge on any atom is -0.453 e. The molecule has 2 aliphatic rings. The molecular formula is C32H46FN7O5. The molecule has 3 N–H and O–H groups in total. The maximum atomic E-state index is 15.6. The van der Waals surface area contributed by atoms with E-state index < -0.39 is 41.7 Å². The molecule has 4 amide bonds. The Hall–Kier alpha value is -4.00. The number of carbonyl (C=O) groups excluding carboxylic acids is 4. The number of aromatic nitrogens is 2. The van der Waals surface area contributed by atoms with Crippen molar-refractivity contribution in [2.24, 2.45) is 11.8 Å². The van der Waals surface area contributed by atoms with Gasteiger partial charge in [-0.3, -0.25) is 19.1 Å². The van der Waals surface area contributed by atoms with Crippen LogP contribution >= 0.6 is 0 Å². The van der Waals surface area contributed by atoms with Gasteiger partial charge in [0.15, 0.2) is 0 Å². The first-order chi connectivity index (χ1) is 21.5. The summed E-state index contributed by atoms with van der Waals surface area (Å²) in [5.41, 5.74) is 0.777. The van der Waals surface area contributed by atoms with Crippen molar-refractivity contribution < 1.29 is 28.3 Å². The van der Waals surface area contributed by atoms with Crippen molar-refractivity contribution in [1.82, 2.24) is 30.2 Å². The highest BCUT2D eigenvalue weighted by atomic mass is 19.1. The highest BCUT2D eigenvalue weighted by Crippen LogP contribution is 2.32. The van der Waals surface area contributed by atoms with E-state index in [4.69, 9.17) is 4.74 Å². The fourth-order valence-corrected chi connectivity index (χ4v) is 6.14. The molecule has 2 fully saturated rings. The van der Waals surface area contributed by atoms with E-state index in [2.05, 4.69) is 32.9 Å². The predicted molar refractivity (Wildman–Crippen MR) is 167 cm³/mol. The number of ether oxygens (including phenoxy) is 1. The van der Waals surface area contributed by atoms with Gasteiger partial charge >= 0.3 is 6.09 Å². The number of rotatable bonds is 10. The van der Waals surface area contributed by atoms with Crippen LogP contribution in [0, 0.1) is 17.7 Å². The summed E-state index contributed by atoms with van der Waals surface area (Å²) in [4.78, 5) is 56.3. The number of halogens is 1. The van der Waals surface area contributed by atoms with Gasteiger partial charge in [0.2, 0.25) is 11.8 Å². The zero-order chi connectivity index (χ0) is 32.7. The summed E-state index contributed by atoms with van der Waals surface area (Å²) in [5.74, 6) is -2.04. The average molecular weight is 628 g/mol. The first-order valence-corrected chi connectivity index (χ1v) is 15.8. The summed E-state index contributed by atoms with van der Waals surface area (Å²) in [6.07, 6.45) is 4.18. The Labute approximate surface area is 264 Å². The van der Waals surface area contributed by atoms with Crippen molar-refractivity contribution in [2.45, 2.75) is 71.0 Å². The highest BCUT2D eigenvalue weighted by molar-refractivity contribution is 6.00. The number of anilines is 1. The smallest absolute Gasteiger partial charge is 0.407 e. The van der Waals surface area contributed by atoms with E-state index >= 15 is 4.39 Å². The van der Waals surface area contributed by atoms with E-state index in [9.17, 15) is 19.2 Å². The topological polar surface area (TPSA) is 138 Å². The quantitative estimate of drug-likeness (QED) is 0.368. The Balaban J connectivity index is 1.52. The van der Waals surface area contributed by atoms with Crippen molar-refractivity contribution in [2.75, 3.05) is 45.7 Å². The lowest BCUT2D eigenvalue weighted by Gasteiger charge is -2.36. The number of nitrogens with zero attached hydrogens (tertiary/aromatic N) is 4. The number of methoxy groups -OCH3 is 1.